The molecule has 0 aliphatic carbocycles. The SMILES string of the molecule is CO/N=C/c1ccc(C(=O)NCC(c2c(F)cccc2Cl)N2CCOC(C)C2)cc1. The molecule has 1 aliphatic heterocycles. The Labute approximate surface area is 180 Å². The predicted molar refractivity (Wildman–Crippen MR) is 115 cm³/mol. The molecule has 2 unspecified atom stereocenters. The van der Waals surface area contributed by atoms with Gasteiger partial charge in [-0.25, -0.2) is 4.39 Å². The molecule has 2 aromatic carbocycles. The number of oxime groups is 1. The number of amides is 1. The van der Waals surface area contributed by atoms with Crippen LogP contribution in [0, 0.1) is 5.82 Å². The molecule has 160 valence electrons. The van der Waals surface area contributed by atoms with E-state index in [0.29, 0.717) is 35.8 Å². The molecule has 1 saturated heterocycles. The third kappa shape index (κ3) is 5.56. The second kappa shape index (κ2) is 10.5. The van der Waals surface area contributed by atoms with Gasteiger partial charge in [0.25, 0.3) is 5.91 Å². The largest absolute Gasteiger partial charge is 0.399 e. The van der Waals surface area contributed by atoms with Gasteiger partial charge in [-0.2, -0.15) is 0 Å². The Kier molecular flexibility index (Phi) is 7.79. The van der Waals surface area contributed by atoms with Crippen molar-refractivity contribution in [2.45, 2.75) is 19.1 Å². The number of hydrogen-bond acceptors (Lipinski definition) is 5. The van der Waals surface area contributed by atoms with Crippen LogP contribution in [-0.4, -0.2) is 56.5 Å². The Morgan fingerprint density at radius 3 is 2.83 bits per heavy atom. The highest BCUT2D eigenvalue weighted by Gasteiger charge is 2.29. The van der Waals surface area contributed by atoms with E-state index in [9.17, 15) is 9.18 Å². The van der Waals surface area contributed by atoms with E-state index < -0.39 is 6.04 Å². The van der Waals surface area contributed by atoms with Gasteiger partial charge in [-0.05, 0) is 36.8 Å². The molecule has 0 saturated carbocycles. The quantitative estimate of drug-likeness (QED) is 0.534. The number of hydrogen-bond donors (Lipinski definition) is 1. The number of rotatable bonds is 7. The smallest absolute Gasteiger partial charge is 0.251 e. The molecule has 6 nitrogen and oxygen atoms in total. The van der Waals surface area contributed by atoms with Crippen LogP contribution in [0.3, 0.4) is 0 Å². The predicted octanol–water partition coefficient (Wildman–Crippen LogP) is 3.65. The van der Waals surface area contributed by atoms with E-state index in [1.54, 1.807) is 42.6 Å². The van der Waals surface area contributed by atoms with Gasteiger partial charge in [0.05, 0.1) is 25.0 Å². The zero-order valence-electron chi connectivity index (χ0n) is 17.0. The number of morpholine rings is 1. The summed E-state index contributed by atoms with van der Waals surface area (Å²) < 4.78 is 20.3. The van der Waals surface area contributed by atoms with Crippen LogP contribution in [0.25, 0.3) is 0 Å². The molecule has 1 amide bonds. The zero-order chi connectivity index (χ0) is 21.5. The molecule has 2 atom stereocenters. The van der Waals surface area contributed by atoms with Crippen LogP contribution in [0.15, 0.2) is 47.6 Å². The molecule has 3 rings (SSSR count). The molecule has 0 aromatic heterocycles. The van der Waals surface area contributed by atoms with Crippen LogP contribution in [0.4, 0.5) is 4.39 Å². The maximum Gasteiger partial charge on any atom is 0.251 e. The van der Waals surface area contributed by atoms with Crippen LogP contribution >= 0.6 is 11.6 Å². The fourth-order valence-electron chi connectivity index (χ4n) is 3.50. The van der Waals surface area contributed by atoms with Gasteiger partial charge in [0.2, 0.25) is 0 Å². The Hall–Kier alpha value is -2.48. The second-order valence-electron chi connectivity index (χ2n) is 7.08. The van der Waals surface area contributed by atoms with E-state index in [-0.39, 0.29) is 24.4 Å². The molecule has 0 radical (unpaired) electrons. The van der Waals surface area contributed by atoms with Crippen LogP contribution in [0.2, 0.25) is 5.02 Å². The lowest BCUT2D eigenvalue weighted by Gasteiger charge is -2.38. The highest BCUT2D eigenvalue weighted by atomic mass is 35.5. The van der Waals surface area contributed by atoms with Gasteiger partial charge < -0.3 is 14.9 Å². The summed E-state index contributed by atoms with van der Waals surface area (Å²) in [6.45, 7) is 3.99. The summed E-state index contributed by atoms with van der Waals surface area (Å²) in [5, 5.41) is 6.96. The molecule has 30 heavy (non-hydrogen) atoms. The summed E-state index contributed by atoms with van der Waals surface area (Å²) in [5.74, 6) is -0.633. The van der Waals surface area contributed by atoms with Crippen molar-refractivity contribution in [2.75, 3.05) is 33.4 Å². The Morgan fingerprint density at radius 2 is 2.17 bits per heavy atom. The molecular weight excluding hydrogens is 409 g/mol. The summed E-state index contributed by atoms with van der Waals surface area (Å²) in [7, 11) is 1.46. The average molecular weight is 434 g/mol. The normalized spacial score (nSPS) is 18.3. The first kappa shape index (κ1) is 22.2. The number of carbonyl (C=O) groups excluding carboxylic acids is 1. The molecule has 1 heterocycles. The van der Waals surface area contributed by atoms with E-state index in [2.05, 4.69) is 20.2 Å². The third-order valence-corrected chi connectivity index (χ3v) is 5.31. The van der Waals surface area contributed by atoms with Crippen LogP contribution < -0.4 is 5.32 Å². The van der Waals surface area contributed by atoms with Crippen LogP contribution in [0.1, 0.15) is 34.5 Å². The summed E-state index contributed by atoms with van der Waals surface area (Å²) in [6.07, 6.45) is 1.57. The monoisotopic (exact) mass is 433 g/mol. The standard InChI is InChI=1S/C22H25ClFN3O3/c1-15-14-27(10-11-30-15)20(21-18(23)4-3-5-19(21)24)13-25-22(28)17-8-6-16(7-9-17)12-26-29-2/h3-9,12,15,20H,10-11,13-14H2,1-2H3,(H,25,28)/b26-12+. The van der Waals surface area contributed by atoms with Crippen molar-refractivity contribution in [1.82, 2.24) is 10.2 Å². The average Bonchev–Trinajstić information content (AvgIpc) is 2.74. The summed E-state index contributed by atoms with van der Waals surface area (Å²) in [4.78, 5) is 19.4. The number of ether oxygens (including phenoxy) is 1. The van der Waals surface area contributed by atoms with Gasteiger partial charge >= 0.3 is 0 Å². The van der Waals surface area contributed by atoms with Crippen molar-refractivity contribution >= 4 is 23.7 Å². The van der Waals surface area contributed by atoms with Gasteiger partial charge in [-0.15, -0.1) is 0 Å². The van der Waals surface area contributed by atoms with Crippen LogP contribution in [-0.2, 0) is 9.57 Å². The number of nitrogens with zero attached hydrogens (tertiary/aromatic N) is 2. The Bertz CT molecular complexity index is 871. The lowest BCUT2D eigenvalue weighted by atomic mass is 10.0. The maximum absolute atomic E-state index is 14.7. The molecule has 1 fully saturated rings. The summed E-state index contributed by atoms with van der Waals surface area (Å²) in [6, 6.07) is 11.2. The van der Waals surface area contributed by atoms with E-state index in [0.717, 1.165) is 5.56 Å². The van der Waals surface area contributed by atoms with Gasteiger partial charge in [-0.1, -0.05) is 35.0 Å². The van der Waals surface area contributed by atoms with Gasteiger partial charge in [0, 0.05) is 35.8 Å². The van der Waals surface area contributed by atoms with E-state index in [1.165, 1.54) is 13.2 Å². The topological polar surface area (TPSA) is 63.2 Å². The van der Waals surface area contributed by atoms with Gasteiger partial charge in [-0.3, -0.25) is 9.69 Å². The fraction of sp³-hybridized carbons (Fsp3) is 0.364. The molecule has 1 aliphatic rings. The van der Waals surface area contributed by atoms with E-state index in [4.69, 9.17) is 16.3 Å². The number of carbonyl (C=O) groups is 1. The highest BCUT2D eigenvalue weighted by molar-refractivity contribution is 6.31. The van der Waals surface area contributed by atoms with Crippen LogP contribution in [0.5, 0.6) is 0 Å². The minimum Gasteiger partial charge on any atom is -0.399 e. The van der Waals surface area contributed by atoms with Crippen molar-refractivity contribution < 1.29 is 18.8 Å². The van der Waals surface area contributed by atoms with Crippen molar-refractivity contribution in [1.29, 1.82) is 0 Å². The number of benzene rings is 2. The van der Waals surface area contributed by atoms with Crippen molar-refractivity contribution in [3.8, 4) is 0 Å². The summed E-state index contributed by atoms with van der Waals surface area (Å²) in [5.41, 5.74) is 1.70. The number of nitrogens with one attached hydrogen (secondary N) is 1. The molecule has 2 aromatic rings. The Morgan fingerprint density at radius 1 is 1.40 bits per heavy atom. The first-order valence-electron chi connectivity index (χ1n) is 9.74. The highest BCUT2D eigenvalue weighted by Crippen LogP contribution is 2.31. The number of halogens is 2. The summed E-state index contributed by atoms with van der Waals surface area (Å²) >= 11 is 6.34. The van der Waals surface area contributed by atoms with Crippen molar-refractivity contribution in [2.24, 2.45) is 5.16 Å². The van der Waals surface area contributed by atoms with Crippen molar-refractivity contribution in [3.05, 3.63) is 70.0 Å². The fourth-order valence-corrected chi connectivity index (χ4v) is 3.79. The zero-order valence-corrected chi connectivity index (χ0v) is 17.7. The third-order valence-electron chi connectivity index (χ3n) is 4.98. The molecule has 1 N–H and O–H groups in total. The molecule has 0 spiro atoms. The first-order chi connectivity index (χ1) is 14.5. The van der Waals surface area contributed by atoms with Crippen molar-refractivity contribution in [3.63, 3.8) is 0 Å². The molecule has 8 heteroatoms. The second-order valence-corrected chi connectivity index (χ2v) is 7.48. The van der Waals surface area contributed by atoms with E-state index in [1.807, 2.05) is 6.92 Å². The van der Waals surface area contributed by atoms with Gasteiger partial charge in [0.1, 0.15) is 12.9 Å². The minimum atomic E-state index is -0.401. The maximum atomic E-state index is 14.7. The minimum absolute atomic E-state index is 0.0174. The first-order valence-corrected chi connectivity index (χ1v) is 10.1. The van der Waals surface area contributed by atoms with Gasteiger partial charge in [0.15, 0.2) is 0 Å². The lowest BCUT2D eigenvalue weighted by molar-refractivity contribution is -0.0346. The Balaban J connectivity index is 1.76. The molecule has 0 bridgehead atoms. The lowest BCUT2D eigenvalue weighted by Crippen LogP contribution is -2.47. The molecular formula is C22H25ClFN3O3. The van der Waals surface area contributed by atoms with E-state index >= 15 is 0 Å².